The van der Waals surface area contributed by atoms with Gasteiger partial charge in [-0.1, -0.05) is 0 Å². The highest BCUT2D eigenvalue weighted by Crippen LogP contribution is 2.19. The molecule has 0 fully saturated rings. The average Bonchev–Trinajstić information content (AvgIpc) is 2.01. The molecular weight excluding hydrogens is 173 g/mol. The second-order valence-electron chi connectivity index (χ2n) is 2.41. The molecule has 2 nitrogen and oxygen atoms in total. The Morgan fingerprint density at radius 1 is 1.50 bits per heavy atom. The molecule has 60 valence electrons. The van der Waals surface area contributed by atoms with Gasteiger partial charge >= 0.3 is 0 Å². The first-order chi connectivity index (χ1) is 4.60. The Hall–Kier alpha value is 0.0500. The molecule has 0 rings (SSSR count). The van der Waals surface area contributed by atoms with Gasteiger partial charge in [-0.05, 0) is 6.92 Å². The first-order valence-electron chi connectivity index (χ1n) is 2.95. The second-order valence-corrected chi connectivity index (χ2v) is 2.94. The van der Waals surface area contributed by atoms with Crippen LogP contribution in [0.3, 0.4) is 0 Å². The van der Waals surface area contributed by atoms with Crippen LogP contribution in [0.15, 0.2) is 0 Å². The number of carbonyl (C=O) groups is 1. The van der Waals surface area contributed by atoms with E-state index in [1.54, 1.807) is 14.0 Å². The zero-order valence-corrected chi connectivity index (χ0v) is 7.59. The topological polar surface area (TPSA) is 29.1 Å². The third kappa shape index (κ3) is 2.03. The molecule has 10 heavy (non-hydrogen) atoms. The van der Waals surface area contributed by atoms with Crippen molar-refractivity contribution >= 4 is 29.1 Å². The summed E-state index contributed by atoms with van der Waals surface area (Å²) in [7, 11) is 1.57. The van der Waals surface area contributed by atoms with Crippen molar-refractivity contribution in [2.75, 3.05) is 18.8 Å². The molecule has 0 aliphatic heterocycles. The average molecular weight is 184 g/mol. The molecule has 0 saturated carbocycles. The van der Waals surface area contributed by atoms with Crippen LogP contribution in [0.25, 0.3) is 0 Å². The summed E-state index contributed by atoms with van der Waals surface area (Å²) in [6.45, 7) is 1.73. The van der Waals surface area contributed by atoms with E-state index in [4.69, 9.17) is 23.2 Å². The molecule has 0 spiro atoms. The van der Waals surface area contributed by atoms with E-state index in [0.29, 0.717) is 0 Å². The van der Waals surface area contributed by atoms with Crippen LogP contribution in [-0.2, 0) is 4.79 Å². The summed E-state index contributed by atoms with van der Waals surface area (Å²) in [4.78, 5) is 11.0. The highest BCUT2D eigenvalue weighted by molar-refractivity contribution is 6.23. The lowest BCUT2D eigenvalue weighted by Gasteiger charge is -2.21. The molecule has 0 aromatic heterocycles. The van der Waals surface area contributed by atoms with Gasteiger partial charge in [0.1, 0.15) is 0 Å². The van der Waals surface area contributed by atoms with Crippen LogP contribution in [0.1, 0.15) is 6.92 Å². The quantitative estimate of drug-likeness (QED) is 0.656. The maximum Gasteiger partial charge on any atom is 0.228 e. The fraction of sp³-hybridized carbons (Fsp3) is 0.833. The molecule has 0 aromatic rings. The third-order valence-electron chi connectivity index (χ3n) is 1.37. The van der Waals surface area contributed by atoms with Crippen LogP contribution in [0, 0.1) is 5.41 Å². The van der Waals surface area contributed by atoms with Crippen LogP contribution >= 0.6 is 23.2 Å². The van der Waals surface area contributed by atoms with Crippen LogP contribution in [0.5, 0.6) is 0 Å². The number of hydrogen-bond donors (Lipinski definition) is 1. The standard InChI is InChI=1S/C6H11Cl2NO/c1-6(3-7,4-8)5(10)9-2/h3-4H2,1-2H3,(H,9,10). The number of hydrogen-bond acceptors (Lipinski definition) is 1. The van der Waals surface area contributed by atoms with Gasteiger partial charge in [0.05, 0.1) is 5.41 Å². The summed E-state index contributed by atoms with van der Waals surface area (Å²) in [5, 5.41) is 2.50. The van der Waals surface area contributed by atoms with Gasteiger partial charge in [-0.2, -0.15) is 0 Å². The van der Waals surface area contributed by atoms with E-state index in [9.17, 15) is 4.79 Å². The third-order valence-corrected chi connectivity index (χ3v) is 2.54. The van der Waals surface area contributed by atoms with E-state index in [1.165, 1.54) is 0 Å². The second kappa shape index (κ2) is 4.04. The Kier molecular flexibility index (Phi) is 4.06. The van der Waals surface area contributed by atoms with Gasteiger partial charge in [0.15, 0.2) is 0 Å². The van der Waals surface area contributed by atoms with Crippen molar-refractivity contribution in [2.24, 2.45) is 5.41 Å². The normalized spacial score (nSPS) is 11.2. The molecule has 1 amide bonds. The minimum atomic E-state index is -0.627. The van der Waals surface area contributed by atoms with Gasteiger partial charge in [-0.25, -0.2) is 0 Å². The zero-order valence-electron chi connectivity index (χ0n) is 6.08. The van der Waals surface area contributed by atoms with Crippen molar-refractivity contribution in [1.29, 1.82) is 0 Å². The molecule has 1 N–H and O–H groups in total. The number of alkyl halides is 2. The predicted molar refractivity (Wildman–Crippen MR) is 43.6 cm³/mol. The highest BCUT2D eigenvalue weighted by Gasteiger charge is 2.30. The smallest absolute Gasteiger partial charge is 0.228 e. The Morgan fingerprint density at radius 3 is 2.00 bits per heavy atom. The van der Waals surface area contributed by atoms with Crippen LogP contribution < -0.4 is 5.32 Å². The maximum atomic E-state index is 11.0. The highest BCUT2D eigenvalue weighted by atomic mass is 35.5. The number of carbonyl (C=O) groups excluding carboxylic acids is 1. The fourth-order valence-corrected chi connectivity index (χ4v) is 0.987. The van der Waals surface area contributed by atoms with Crippen molar-refractivity contribution in [3.05, 3.63) is 0 Å². The SMILES string of the molecule is CNC(=O)C(C)(CCl)CCl. The van der Waals surface area contributed by atoms with Crippen molar-refractivity contribution in [3.8, 4) is 0 Å². The molecule has 0 aliphatic rings. The minimum absolute atomic E-state index is 0.113. The van der Waals surface area contributed by atoms with E-state index >= 15 is 0 Å². The summed E-state index contributed by atoms with van der Waals surface area (Å²) >= 11 is 11.1. The molecule has 0 saturated heterocycles. The van der Waals surface area contributed by atoms with Crippen molar-refractivity contribution in [3.63, 3.8) is 0 Å². The van der Waals surface area contributed by atoms with Crippen molar-refractivity contribution in [2.45, 2.75) is 6.92 Å². The Bertz CT molecular complexity index is 123. The maximum absolute atomic E-state index is 11.0. The largest absolute Gasteiger partial charge is 0.359 e. The monoisotopic (exact) mass is 183 g/mol. The first-order valence-corrected chi connectivity index (χ1v) is 4.01. The van der Waals surface area contributed by atoms with E-state index in [0.717, 1.165) is 0 Å². The molecule has 0 heterocycles. The molecule has 4 heteroatoms. The molecule has 0 aromatic carbocycles. The van der Waals surface area contributed by atoms with E-state index in [-0.39, 0.29) is 17.7 Å². The van der Waals surface area contributed by atoms with Gasteiger partial charge in [0, 0.05) is 18.8 Å². The van der Waals surface area contributed by atoms with Crippen molar-refractivity contribution in [1.82, 2.24) is 5.32 Å². The number of halogens is 2. The van der Waals surface area contributed by atoms with Gasteiger partial charge in [0.25, 0.3) is 0 Å². The predicted octanol–water partition coefficient (Wildman–Crippen LogP) is 1.22. The van der Waals surface area contributed by atoms with E-state index < -0.39 is 5.41 Å². The summed E-state index contributed by atoms with van der Waals surface area (Å²) in [6, 6.07) is 0. The lowest BCUT2D eigenvalue weighted by molar-refractivity contribution is -0.127. The van der Waals surface area contributed by atoms with E-state index in [2.05, 4.69) is 5.32 Å². The summed E-state index contributed by atoms with van der Waals surface area (Å²) in [5.41, 5.74) is -0.627. The molecular formula is C6H11Cl2NO. The summed E-state index contributed by atoms with van der Waals surface area (Å²) in [6.07, 6.45) is 0. The Morgan fingerprint density at radius 2 is 1.90 bits per heavy atom. The van der Waals surface area contributed by atoms with Gasteiger partial charge in [-0.3, -0.25) is 4.79 Å². The molecule has 0 radical (unpaired) electrons. The zero-order chi connectivity index (χ0) is 8.20. The van der Waals surface area contributed by atoms with Gasteiger partial charge in [0.2, 0.25) is 5.91 Å². The number of rotatable bonds is 3. The fourth-order valence-electron chi connectivity index (χ4n) is 0.459. The van der Waals surface area contributed by atoms with Crippen LogP contribution in [-0.4, -0.2) is 24.7 Å². The summed E-state index contributed by atoms with van der Waals surface area (Å²) < 4.78 is 0. The lowest BCUT2D eigenvalue weighted by atomic mass is 9.95. The minimum Gasteiger partial charge on any atom is -0.359 e. The number of nitrogens with one attached hydrogen (secondary N) is 1. The van der Waals surface area contributed by atoms with Gasteiger partial charge < -0.3 is 5.32 Å². The molecule has 0 unspecified atom stereocenters. The van der Waals surface area contributed by atoms with E-state index in [1.807, 2.05) is 0 Å². The molecule has 0 aliphatic carbocycles. The number of amides is 1. The van der Waals surface area contributed by atoms with Crippen molar-refractivity contribution < 1.29 is 4.79 Å². The molecule has 0 atom stereocenters. The molecule has 0 bridgehead atoms. The Labute approximate surface area is 70.9 Å². The Balaban J connectivity index is 4.17. The summed E-state index contributed by atoms with van der Waals surface area (Å²) in [5.74, 6) is 0.379. The lowest BCUT2D eigenvalue weighted by Crippen LogP contribution is -2.39. The van der Waals surface area contributed by atoms with Gasteiger partial charge in [-0.15, -0.1) is 23.2 Å². The van der Waals surface area contributed by atoms with Crippen LogP contribution in [0.2, 0.25) is 0 Å². The van der Waals surface area contributed by atoms with Crippen LogP contribution in [0.4, 0.5) is 0 Å². The first kappa shape index (κ1) is 10.0.